The zero-order valence-corrected chi connectivity index (χ0v) is 13.6. The van der Waals surface area contributed by atoms with Crippen LogP contribution in [0.15, 0.2) is 42.5 Å². The number of nitrogens with zero attached hydrogens (tertiary/aromatic N) is 1. The summed E-state index contributed by atoms with van der Waals surface area (Å²) in [4.78, 5) is 16.2. The number of rotatable bonds is 3. The second-order valence-electron chi connectivity index (χ2n) is 5.97. The van der Waals surface area contributed by atoms with Crippen LogP contribution in [-0.4, -0.2) is 16.1 Å². The molecule has 1 heterocycles. The Labute approximate surface area is 135 Å². The van der Waals surface area contributed by atoms with Gasteiger partial charge in [-0.25, -0.2) is 4.98 Å². The summed E-state index contributed by atoms with van der Waals surface area (Å²) >= 11 is 0. The minimum atomic E-state index is -0.836. The van der Waals surface area contributed by atoms with Crippen LogP contribution in [0.1, 0.15) is 22.3 Å². The Morgan fingerprint density at radius 2 is 1.83 bits per heavy atom. The van der Waals surface area contributed by atoms with Crippen molar-refractivity contribution in [2.24, 2.45) is 0 Å². The molecule has 0 aliphatic heterocycles. The lowest BCUT2D eigenvalue weighted by atomic mass is 9.93. The van der Waals surface area contributed by atoms with Crippen molar-refractivity contribution in [1.82, 2.24) is 4.98 Å². The van der Waals surface area contributed by atoms with Gasteiger partial charge in [-0.15, -0.1) is 0 Å². The highest BCUT2D eigenvalue weighted by atomic mass is 16.4. The Hall–Kier alpha value is -2.68. The van der Waals surface area contributed by atoms with Gasteiger partial charge >= 0.3 is 5.97 Å². The maximum absolute atomic E-state index is 11.4. The van der Waals surface area contributed by atoms with Crippen molar-refractivity contribution in [3.8, 4) is 11.3 Å². The van der Waals surface area contributed by atoms with Crippen LogP contribution < -0.4 is 0 Å². The van der Waals surface area contributed by atoms with E-state index in [1.165, 1.54) is 0 Å². The molecule has 23 heavy (non-hydrogen) atoms. The fraction of sp³-hybridized carbons (Fsp3) is 0.200. The van der Waals surface area contributed by atoms with Crippen LogP contribution in [0.2, 0.25) is 0 Å². The van der Waals surface area contributed by atoms with Gasteiger partial charge < -0.3 is 5.11 Å². The SMILES string of the molecule is Cc1ccc(C)c(-c2nc3ccccc3c(C)c2CC(=O)O)c1. The largest absolute Gasteiger partial charge is 0.481 e. The number of hydrogen-bond acceptors (Lipinski definition) is 2. The highest BCUT2D eigenvalue weighted by Crippen LogP contribution is 2.32. The number of aromatic nitrogens is 1. The molecule has 3 aromatic rings. The number of benzene rings is 2. The first kappa shape index (κ1) is 15.2. The summed E-state index contributed by atoms with van der Waals surface area (Å²) in [5, 5.41) is 10.3. The number of carboxylic acid groups (broad SMARTS) is 1. The quantitative estimate of drug-likeness (QED) is 0.777. The molecule has 0 aliphatic carbocycles. The van der Waals surface area contributed by atoms with Crippen LogP contribution in [0.25, 0.3) is 22.2 Å². The number of carboxylic acids is 1. The molecule has 0 bridgehead atoms. The van der Waals surface area contributed by atoms with E-state index in [4.69, 9.17) is 4.98 Å². The molecule has 0 fully saturated rings. The normalized spacial score (nSPS) is 10.9. The van der Waals surface area contributed by atoms with Crippen LogP contribution >= 0.6 is 0 Å². The van der Waals surface area contributed by atoms with Crippen molar-refractivity contribution in [2.75, 3.05) is 0 Å². The third-order valence-electron chi connectivity index (χ3n) is 4.26. The number of hydrogen-bond donors (Lipinski definition) is 1. The van der Waals surface area contributed by atoms with E-state index in [0.717, 1.165) is 44.4 Å². The summed E-state index contributed by atoms with van der Waals surface area (Å²) in [5.41, 5.74) is 6.72. The van der Waals surface area contributed by atoms with Crippen molar-refractivity contribution in [3.63, 3.8) is 0 Å². The topological polar surface area (TPSA) is 50.2 Å². The van der Waals surface area contributed by atoms with Gasteiger partial charge in [-0.05, 0) is 49.6 Å². The lowest BCUT2D eigenvalue weighted by molar-refractivity contribution is -0.136. The Bertz CT molecular complexity index is 913. The van der Waals surface area contributed by atoms with E-state index in [2.05, 4.69) is 18.2 Å². The molecule has 0 aliphatic rings. The summed E-state index contributed by atoms with van der Waals surface area (Å²) in [6.45, 7) is 6.05. The van der Waals surface area contributed by atoms with Crippen molar-refractivity contribution >= 4 is 16.9 Å². The third-order valence-corrected chi connectivity index (χ3v) is 4.26. The van der Waals surface area contributed by atoms with Crippen molar-refractivity contribution in [2.45, 2.75) is 27.2 Å². The van der Waals surface area contributed by atoms with Gasteiger partial charge in [0.05, 0.1) is 17.6 Å². The zero-order valence-electron chi connectivity index (χ0n) is 13.6. The Morgan fingerprint density at radius 3 is 2.57 bits per heavy atom. The molecule has 116 valence electrons. The summed E-state index contributed by atoms with van der Waals surface area (Å²) in [5.74, 6) is -0.836. The van der Waals surface area contributed by atoms with Gasteiger partial charge in [0.1, 0.15) is 0 Å². The second kappa shape index (κ2) is 5.84. The van der Waals surface area contributed by atoms with Crippen LogP contribution in [0.5, 0.6) is 0 Å². The molecule has 1 N–H and O–H groups in total. The number of aliphatic carboxylic acids is 1. The predicted molar refractivity (Wildman–Crippen MR) is 92.7 cm³/mol. The Morgan fingerprint density at radius 1 is 1.09 bits per heavy atom. The minimum absolute atomic E-state index is 0.0214. The molecule has 3 rings (SSSR count). The maximum atomic E-state index is 11.4. The third kappa shape index (κ3) is 2.82. The maximum Gasteiger partial charge on any atom is 0.307 e. The highest BCUT2D eigenvalue weighted by Gasteiger charge is 2.17. The molecule has 1 aromatic heterocycles. The van der Waals surface area contributed by atoms with Gasteiger partial charge in [-0.3, -0.25) is 4.79 Å². The molecule has 2 aromatic carbocycles. The van der Waals surface area contributed by atoms with Crippen molar-refractivity contribution in [1.29, 1.82) is 0 Å². The first-order valence-corrected chi connectivity index (χ1v) is 7.65. The van der Waals surface area contributed by atoms with Crippen LogP contribution in [0.3, 0.4) is 0 Å². The average molecular weight is 305 g/mol. The molecule has 0 radical (unpaired) electrons. The average Bonchev–Trinajstić information content (AvgIpc) is 2.52. The Kier molecular flexibility index (Phi) is 3.87. The lowest BCUT2D eigenvalue weighted by Crippen LogP contribution is -2.07. The first-order valence-electron chi connectivity index (χ1n) is 7.65. The lowest BCUT2D eigenvalue weighted by Gasteiger charge is -2.16. The summed E-state index contributed by atoms with van der Waals surface area (Å²) in [6.07, 6.45) is -0.0214. The van der Waals surface area contributed by atoms with Gasteiger partial charge in [0.25, 0.3) is 0 Å². The molecule has 3 nitrogen and oxygen atoms in total. The van der Waals surface area contributed by atoms with Gasteiger partial charge in [-0.1, -0.05) is 35.9 Å². The van der Waals surface area contributed by atoms with Crippen LogP contribution in [0.4, 0.5) is 0 Å². The van der Waals surface area contributed by atoms with E-state index in [-0.39, 0.29) is 6.42 Å². The van der Waals surface area contributed by atoms with E-state index < -0.39 is 5.97 Å². The standard InChI is InChI=1S/C20H19NO2/c1-12-8-9-13(2)16(10-12)20-17(11-19(22)23)14(3)15-6-4-5-7-18(15)21-20/h4-10H,11H2,1-3H3,(H,22,23). The minimum Gasteiger partial charge on any atom is -0.481 e. The monoisotopic (exact) mass is 305 g/mol. The van der Waals surface area contributed by atoms with E-state index in [9.17, 15) is 9.90 Å². The fourth-order valence-corrected chi connectivity index (χ4v) is 3.00. The summed E-state index contributed by atoms with van der Waals surface area (Å²) in [7, 11) is 0. The van der Waals surface area contributed by atoms with Crippen molar-refractivity contribution in [3.05, 3.63) is 64.7 Å². The summed E-state index contributed by atoms with van der Waals surface area (Å²) in [6, 6.07) is 14.1. The van der Waals surface area contributed by atoms with Gasteiger partial charge in [-0.2, -0.15) is 0 Å². The number of aryl methyl sites for hydroxylation is 3. The number of pyridine rings is 1. The van der Waals surface area contributed by atoms with Gasteiger partial charge in [0.2, 0.25) is 0 Å². The van der Waals surface area contributed by atoms with E-state index in [1.54, 1.807) is 0 Å². The van der Waals surface area contributed by atoms with Crippen LogP contribution in [-0.2, 0) is 11.2 Å². The molecule has 0 amide bonds. The number of carbonyl (C=O) groups is 1. The molecule has 3 heteroatoms. The molecule has 0 atom stereocenters. The smallest absolute Gasteiger partial charge is 0.307 e. The summed E-state index contributed by atoms with van der Waals surface area (Å²) < 4.78 is 0. The van der Waals surface area contributed by atoms with E-state index in [0.29, 0.717) is 0 Å². The van der Waals surface area contributed by atoms with E-state index in [1.807, 2.05) is 45.0 Å². The molecular weight excluding hydrogens is 286 g/mol. The molecule has 0 unspecified atom stereocenters. The number of para-hydroxylation sites is 1. The van der Waals surface area contributed by atoms with Gasteiger partial charge in [0.15, 0.2) is 0 Å². The fourth-order valence-electron chi connectivity index (χ4n) is 3.00. The zero-order chi connectivity index (χ0) is 16.6. The molecular formula is C20H19NO2. The first-order chi connectivity index (χ1) is 11.0. The van der Waals surface area contributed by atoms with Crippen molar-refractivity contribution < 1.29 is 9.90 Å². The van der Waals surface area contributed by atoms with E-state index >= 15 is 0 Å². The molecule has 0 spiro atoms. The van der Waals surface area contributed by atoms with Crippen LogP contribution in [0, 0.1) is 20.8 Å². The predicted octanol–water partition coefficient (Wildman–Crippen LogP) is 4.45. The van der Waals surface area contributed by atoms with Gasteiger partial charge in [0, 0.05) is 10.9 Å². The molecule has 0 saturated carbocycles. The number of fused-ring (bicyclic) bond motifs is 1. The Balaban J connectivity index is 2.38. The second-order valence-corrected chi connectivity index (χ2v) is 5.97. The molecule has 0 saturated heterocycles. The highest BCUT2D eigenvalue weighted by molar-refractivity contribution is 5.89.